The number of ether oxygens (including phenoxy) is 1. The maximum atomic E-state index is 12.3. The Morgan fingerprint density at radius 1 is 1.07 bits per heavy atom. The third-order valence-corrected chi connectivity index (χ3v) is 5.42. The van der Waals surface area contributed by atoms with Crippen LogP contribution in [0.5, 0.6) is 0 Å². The largest absolute Gasteiger partial charge is 0.350 e. The molecule has 5 rings (SSSR count). The molecule has 7 nitrogen and oxygen atoms in total. The number of anilines is 1. The fraction of sp³-hybridized carbons (Fsp3) is 0.350. The van der Waals surface area contributed by atoms with Gasteiger partial charge in [-0.3, -0.25) is 0 Å². The van der Waals surface area contributed by atoms with Crippen LogP contribution in [0.2, 0.25) is 0 Å². The molecule has 0 amide bonds. The van der Waals surface area contributed by atoms with Crippen molar-refractivity contribution in [1.82, 2.24) is 24.0 Å². The topological polar surface area (TPSA) is 68.8 Å². The molecule has 150 valence electrons. The minimum atomic E-state index is -2.70. The van der Waals surface area contributed by atoms with Gasteiger partial charge in [-0.05, 0) is 43.9 Å². The van der Waals surface area contributed by atoms with E-state index in [2.05, 4.69) is 25.1 Å². The molecule has 0 saturated heterocycles. The highest BCUT2D eigenvalue weighted by molar-refractivity contribution is 5.80. The monoisotopic (exact) mass is 398 g/mol. The Hall–Kier alpha value is -3.07. The molecule has 0 atom stereocenters. The summed E-state index contributed by atoms with van der Waals surface area (Å²) in [6.07, 6.45) is 11.8. The van der Waals surface area contributed by atoms with Crippen LogP contribution in [0.1, 0.15) is 25.7 Å². The Morgan fingerprint density at radius 2 is 1.93 bits per heavy atom. The smallest absolute Gasteiger partial charge is 0.345 e. The SMILES string of the molecule is FC(F)O[C@H]1CC[C@@H](Nc2ncc3c(-c4ccc5nccn5c4)ccn3n2)CC1. The number of fused-ring (bicyclic) bond motifs is 2. The molecule has 0 aromatic carbocycles. The van der Waals surface area contributed by atoms with E-state index in [1.807, 2.05) is 41.2 Å². The first-order valence-corrected chi connectivity index (χ1v) is 9.63. The molecule has 1 fully saturated rings. The van der Waals surface area contributed by atoms with E-state index in [1.54, 1.807) is 16.9 Å². The number of hydrogen-bond donors (Lipinski definition) is 1. The summed E-state index contributed by atoms with van der Waals surface area (Å²) in [6, 6.07) is 6.18. The lowest BCUT2D eigenvalue weighted by Gasteiger charge is -2.28. The lowest BCUT2D eigenvalue weighted by atomic mass is 9.93. The van der Waals surface area contributed by atoms with E-state index in [1.165, 1.54) is 0 Å². The van der Waals surface area contributed by atoms with Crippen molar-refractivity contribution in [3.05, 3.63) is 49.2 Å². The number of nitrogens with zero attached hydrogens (tertiary/aromatic N) is 5. The van der Waals surface area contributed by atoms with Gasteiger partial charge >= 0.3 is 6.61 Å². The van der Waals surface area contributed by atoms with Crippen molar-refractivity contribution in [1.29, 1.82) is 0 Å². The first kappa shape index (κ1) is 18.0. The van der Waals surface area contributed by atoms with Gasteiger partial charge < -0.3 is 14.5 Å². The van der Waals surface area contributed by atoms with Gasteiger partial charge in [0.2, 0.25) is 5.95 Å². The van der Waals surface area contributed by atoms with Crippen LogP contribution in [-0.4, -0.2) is 42.7 Å². The second kappa shape index (κ2) is 7.40. The summed E-state index contributed by atoms with van der Waals surface area (Å²) in [4.78, 5) is 8.73. The van der Waals surface area contributed by atoms with Gasteiger partial charge in [0, 0.05) is 42.0 Å². The highest BCUT2D eigenvalue weighted by Crippen LogP contribution is 2.27. The van der Waals surface area contributed by atoms with E-state index in [9.17, 15) is 8.78 Å². The number of pyridine rings is 1. The molecule has 0 bridgehead atoms. The average Bonchev–Trinajstić information content (AvgIpc) is 3.35. The second-order valence-corrected chi connectivity index (χ2v) is 7.27. The van der Waals surface area contributed by atoms with Crippen molar-refractivity contribution < 1.29 is 13.5 Å². The predicted molar refractivity (Wildman–Crippen MR) is 104 cm³/mol. The van der Waals surface area contributed by atoms with Crippen LogP contribution in [0.25, 0.3) is 22.3 Å². The molecule has 4 aromatic rings. The van der Waals surface area contributed by atoms with Crippen LogP contribution in [-0.2, 0) is 4.74 Å². The molecule has 0 radical (unpaired) electrons. The van der Waals surface area contributed by atoms with Crippen molar-refractivity contribution in [2.24, 2.45) is 0 Å². The molecular formula is C20H20F2N6O. The van der Waals surface area contributed by atoms with Crippen LogP contribution in [0.4, 0.5) is 14.7 Å². The summed E-state index contributed by atoms with van der Waals surface area (Å²) in [7, 11) is 0. The summed E-state index contributed by atoms with van der Waals surface area (Å²) in [5.74, 6) is 0.530. The predicted octanol–water partition coefficient (Wildman–Crippen LogP) is 4.01. The molecule has 4 heterocycles. The summed E-state index contributed by atoms with van der Waals surface area (Å²) in [5, 5.41) is 7.88. The number of rotatable bonds is 5. The fourth-order valence-electron chi connectivity index (χ4n) is 3.96. The molecule has 1 N–H and O–H groups in total. The summed E-state index contributed by atoms with van der Waals surface area (Å²) >= 11 is 0. The lowest BCUT2D eigenvalue weighted by Crippen LogP contribution is -2.31. The number of imidazole rings is 1. The first-order valence-electron chi connectivity index (χ1n) is 9.63. The minimum Gasteiger partial charge on any atom is -0.350 e. The van der Waals surface area contributed by atoms with E-state index in [0.29, 0.717) is 18.8 Å². The van der Waals surface area contributed by atoms with E-state index in [4.69, 9.17) is 0 Å². The number of alkyl halides is 2. The standard InChI is InChI=1S/C20H20F2N6O/c21-19(22)29-15-4-2-14(3-5-15)25-20-24-11-17-16(7-9-28(17)26-20)13-1-6-18-23-8-10-27(18)12-13/h1,6-12,14-15,19H,2-5H2,(H,25,26)/t14-,15+. The van der Waals surface area contributed by atoms with Crippen molar-refractivity contribution in [2.45, 2.75) is 44.4 Å². The van der Waals surface area contributed by atoms with Crippen LogP contribution in [0.3, 0.4) is 0 Å². The highest BCUT2D eigenvalue weighted by Gasteiger charge is 2.24. The van der Waals surface area contributed by atoms with Gasteiger partial charge in [0.25, 0.3) is 0 Å². The van der Waals surface area contributed by atoms with Crippen molar-refractivity contribution in [3.8, 4) is 11.1 Å². The first-order chi connectivity index (χ1) is 14.2. The van der Waals surface area contributed by atoms with Gasteiger partial charge in [-0.25, -0.2) is 14.5 Å². The third-order valence-electron chi connectivity index (χ3n) is 5.42. The van der Waals surface area contributed by atoms with Crippen molar-refractivity contribution in [2.75, 3.05) is 5.32 Å². The number of hydrogen-bond acceptors (Lipinski definition) is 5. The summed E-state index contributed by atoms with van der Waals surface area (Å²) in [5.41, 5.74) is 3.90. The van der Waals surface area contributed by atoms with Crippen LogP contribution < -0.4 is 5.32 Å². The van der Waals surface area contributed by atoms with E-state index in [0.717, 1.165) is 35.1 Å². The zero-order valence-corrected chi connectivity index (χ0v) is 15.6. The van der Waals surface area contributed by atoms with Crippen molar-refractivity contribution >= 4 is 17.1 Å². The Kier molecular flexibility index (Phi) is 4.59. The van der Waals surface area contributed by atoms with Crippen LogP contribution in [0, 0.1) is 0 Å². The van der Waals surface area contributed by atoms with Gasteiger partial charge in [0.15, 0.2) is 0 Å². The molecular weight excluding hydrogens is 378 g/mol. The molecule has 1 aliphatic carbocycles. The molecule has 1 saturated carbocycles. The molecule has 0 spiro atoms. The lowest BCUT2D eigenvalue weighted by molar-refractivity contribution is -0.169. The Bertz CT molecular complexity index is 1130. The van der Waals surface area contributed by atoms with Gasteiger partial charge in [-0.1, -0.05) is 0 Å². The maximum Gasteiger partial charge on any atom is 0.345 e. The maximum absolute atomic E-state index is 12.3. The van der Waals surface area contributed by atoms with Crippen LogP contribution >= 0.6 is 0 Å². The number of nitrogens with one attached hydrogen (secondary N) is 1. The van der Waals surface area contributed by atoms with Gasteiger partial charge in [-0.2, -0.15) is 8.78 Å². The molecule has 0 unspecified atom stereocenters. The summed E-state index contributed by atoms with van der Waals surface area (Å²) < 4.78 is 33.1. The molecule has 1 aliphatic rings. The van der Waals surface area contributed by atoms with E-state index < -0.39 is 6.61 Å². The number of aromatic nitrogens is 5. The zero-order chi connectivity index (χ0) is 19.8. The zero-order valence-electron chi connectivity index (χ0n) is 15.6. The minimum absolute atomic E-state index is 0.156. The summed E-state index contributed by atoms with van der Waals surface area (Å²) in [6.45, 7) is -2.70. The van der Waals surface area contributed by atoms with Gasteiger partial charge in [-0.15, -0.1) is 5.10 Å². The molecule has 0 aliphatic heterocycles. The quantitative estimate of drug-likeness (QED) is 0.550. The van der Waals surface area contributed by atoms with Gasteiger partial charge in [0.05, 0.1) is 17.8 Å². The second-order valence-electron chi connectivity index (χ2n) is 7.27. The molecule has 29 heavy (non-hydrogen) atoms. The van der Waals surface area contributed by atoms with Crippen molar-refractivity contribution in [3.63, 3.8) is 0 Å². The van der Waals surface area contributed by atoms with E-state index in [-0.39, 0.29) is 12.1 Å². The normalized spacial score (nSPS) is 20.0. The Morgan fingerprint density at radius 3 is 2.76 bits per heavy atom. The molecule has 9 heteroatoms. The number of halogens is 2. The Labute approximate surface area is 165 Å². The van der Waals surface area contributed by atoms with Gasteiger partial charge in [0.1, 0.15) is 5.65 Å². The van der Waals surface area contributed by atoms with E-state index >= 15 is 0 Å². The third kappa shape index (κ3) is 3.65. The molecule has 4 aromatic heterocycles. The Balaban J connectivity index is 1.32. The average molecular weight is 398 g/mol. The van der Waals surface area contributed by atoms with Crippen LogP contribution in [0.15, 0.2) is 49.2 Å². The fourth-order valence-corrected chi connectivity index (χ4v) is 3.96. The highest BCUT2D eigenvalue weighted by atomic mass is 19.3.